The first-order chi connectivity index (χ1) is 14.2. The van der Waals surface area contributed by atoms with Gasteiger partial charge in [0, 0.05) is 23.8 Å². The van der Waals surface area contributed by atoms with Crippen molar-refractivity contribution in [2.75, 3.05) is 0 Å². The maximum Gasteiger partial charge on any atom is 0.497 e. The van der Waals surface area contributed by atoms with E-state index >= 15 is 0 Å². The molecule has 0 amide bonds. The van der Waals surface area contributed by atoms with E-state index in [1.165, 1.54) is 12.1 Å². The van der Waals surface area contributed by atoms with Crippen molar-refractivity contribution < 1.29 is 34.8 Å². The summed E-state index contributed by atoms with van der Waals surface area (Å²) in [6.45, 7) is 0. The first-order valence-corrected chi connectivity index (χ1v) is 11.9. The van der Waals surface area contributed by atoms with E-state index in [0.717, 1.165) is 28.9 Å². The van der Waals surface area contributed by atoms with Crippen LogP contribution in [0.25, 0.3) is 22.1 Å². The fraction of sp³-hybridized carbons (Fsp3) is 0.312. The predicted octanol–water partition coefficient (Wildman–Crippen LogP) is 5.91. The van der Waals surface area contributed by atoms with Gasteiger partial charge in [0.25, 0.3) is 9.84 Å². The second kappa shape index (κ2) is 8.64. The summed E-state index contributed by atoms with van der Waals surface area (Å²) in [6.07, 6.45) is -5.62. The van der Waals surface area contributed by atoms with Crippen molar-refractivity contribution in [2.45, 2.75) is 30.3 Å². The summed E-state index contributed by atoms with van der Waals surface area (Å²) in [7, 11) is -5.35. The van der Waals surface area contributed by atoms with Crippen LogP contribution >= 0.6 is 34.5 Å². The number of thiazole rings is 1. The van der Waals surface area contributed by atoms with E-state index in [2.05, 4.69) is 14.3 Å². The van der Waals surface area contributed by atoms with E-state index in [-0.39, 0.29) is 27.8 Å². The van der Waals surface area contributed by atoms with Gasteiger partial charge >= 0.3 is 11.7 Å². The van der Waals surface area contributed by atoms with Gasteiger partial charge in [-0.3, -0.25) is 0 Å². The zero-order valence-corrected chi connectivity index (χ0v) is 18.2. The molecule has 15 heteroatoms. The Balaban J connectivity index is 1.78. The molecule has 0 bridgehead atoms. The summed E-state index contributed by atoms with van der Waals surface area (Å²) >= 11 is 8.04. The molecule has 0 aliphatic heterocycles. The second-order valence-corrected chi connectivity index (χ2v) is 10.3. The van der Waals surface area contributed by atoms with Gasteiger partial charge in [-0.2, -0.15) is 30.7 Å². The Morgan fingerprint density at radius 2 is 1.77 bits per heavy atom. The molecular weight excluding hydrogens is 512 g/mol. The number of benzene rings is 1. The number of hydrogen-bond acceptors (Lipinski definition) is 7. The van der Waals surface area contributed by atoms with Crippen molar-refractivity contribution >= 4 is 44.3 Å². The Hall–Kier alpha value is -1.77. The third-order valence-electron chi connectivity index (χ3n) is 3.80. The summed E-state index contributed by atoms with van der Waals surface area (Å²) in [5, 5.41) is 2.09. The number of aryl methyl sites for hydroxylation is 1. The third kappa shape index (κ3) is 5.93. The van der Waals surface area contributed by atoms with E-state index < -0.39 is 33.7 Å². The lowest BCUT2D eigenvalue weighted by atomic mass is 10.1. The maximum absolute atomic E-state index is 12.5. The number of sulfone groups is 1. The van der Waals surface area contributed by atoms with Crippen LogP contribution in [0, 0.1) is 0 Å². The van der Waals surface area contributed by atoms with Gasteiger partial charge in [0.2, 0.25) is 5.82 Å². The van der Waals surface area contributed by atoms with E-state index in [1.807, 2.05) is 0 Å². The van der Waals surface area contributed by atoms with Gasteiger partial charge in [-0.05, 0) is 23.2 Å². The lowest BCUT2D eigenvalue weighted by Crippen LogP contribution is -2.24. The number of rotatable bonds is 6. The zero-order valence-electron chi connectivity index (χ0n) is 15.0. The van der Waals surface area contributed by atoms with Crippen LogP contribution < -0.4 is 0 Å². The first-order valence-electron chi connectivity index (χ1n) is 8.18. The van der Waals surface area contributed by atoms with Crippen molar-refractivity contribution in [3.05, 3.63) is 39.2 Å². The third-order valence-corrected chi connectivity index (χ3v) is 7.14. The number of aromatic nitrogens is 3. The summed E-state index contributed by atoms with van der Waals surface area (Å²) in [6, 6.07) is 3.64. The van der Waals surface area contributed by atoms with Crippen molar-refractivity contribution in [1.82, 2.24) is 14.3 Å². The van der Waals surface area contributed by atoms with Gasteiger partial charge in [0.15, 0.2) is 5.01 Å². The molecule has 3 rings (SSSR count). The van der Waals surface area contributed by atoms with Crippen LogP contribution in [0.15, 0.2) is 23.6 Å². The largest absolute Gasteiger partial charge is 0.497 e. The number of alkyl halides is 6. The van der Waals surface area contributed by atoms with Crippen molar-refractivity contribution in [3.8, 4) is 22.1 Å². The minimum atomic E-state index is -5.37. The molecule has 0 N–H and O–H groups in total. The van der Waals surface area contributed by atoms with Crippen molar-refractivity contribution in [1.29, 1.82) is 0 Å². The lowest BCUT2D eigenvalue weighted by Gasteiger charge is -2.09. The molecule has 2 heterocycles. The van der Waals surface area contributed by atoms with E-state index in [4.69, 9.17) is 11.6 Å². The van der Waals surface area contributed by atoms with Crippen molar-refractivity contribution in [3.63, 3.8) is 0 Å². The molecule has 0 saturated carbocycles. The van der Waals surface area contributed by atoms with E-state index in [0.29, 0.717) is 16.3 Å². The Labute approximate surface area is 184 Å². The van der Waals surface area contributed by atoms with Crippen molar-refractivity contribution in [2.24, 2.45) is 0 Å². The molecule has 0 aliphatic rings. The molecule has 0 saturated heterocycles. The van der Waals surface area contributed by atoms with Crippen LogP contribution in [0.2, 0.25) is 5.02 Å². The van der Waals surface area contributed by atoms with Gasteiger partial charge in [0.1, 0.15) is 5.01 Å². The summed E-state index contributed by atoms with van der Waals surface area (Å²) in [4.78, 5) is 8.31. The number of hydrogen-bond donors (Lipinski definition) is 0. The molecule has 0 unspecified atom stereocenters. The molecule has 0 fully saturated rings. The normalized spacial score (nSPS) is 13.0. The molecular formula is C16H10ClF6N3O2S3. The summed E-state index contributed by atoms with van der Waals surface area (Å²) in [5.41, 5.74) is -4.84. The summed E-state index contributed by atoms with van der Waals surface area (Å²) in [5.74, 6) is -1.09. The number of halogens is 7. The van der Waals surface area contributed by atoms with Gasteiger partial charge in [-0.1, -0.05) is 23.7 Å². The zero-order chi connectivity index (χ0) is 23.0. The fourth-order valence-corrected chi connectivity index (χ4v) is 4.88. The molecule has 31 heavy (non-hydrogen) atoms. The fourth-order valence-electron chi connectivity index (χ4n) is 2.35. The van der Waals surface area contributed by atoms with E-state index in [1.54, 1.807) is 5.38 Å². The quantitative estimate of drug-likeness (QED) is 0.377. The van der Waals surface area contributed by atoms with Gasteiger partial charge in [-0.25, -0.2) is 18.4 Å². The molecule has 0 radical (unpaired) electrons. The molecule has 1 aromatic carbocycles. The van der Waals surface area contributed by atoms with Gasteiger partial charge in [0.05, 0.1) is 16.5 Å². The van der Waals surface area contributed by atoms with Crippen LogP contribution in [-0.4, -0.2) is 34.4 Å². The molecule has 0 aliphatic carbocycles. The lowest BCUT2D eigenvalue weighted by molar-refractivity contribution is -0.134. The Bertz CT molecular complexity index is 1190. The Kier molecular flexibility index (Phi) is 6.65. The summed E-state index contributed by atoms with van der Waals surface area (Å²) < 4.78 is 101. The minimum Gasteiger partial charge on any atom is -0.233 e. The topological polar surface area (TPSA) is 72.8 Å². The monoisotopic (exact) mass is 521 g/mol. The standard InChI is InChI=1S/C16H10ClF6N3O2S3/c17-10-5-8(7-31(27,28)16(21,22)23)1-2-9(10)11-6-29-14(24-11)13-25-12(30-26-13)3-4-15(18,19)20/h1-2,5-6H,3-4,7H2. The van der Waals surface area contributed by atoms with Gasteiger partial charge < -0.3 is 0 Å². The molecule has 0 atom stereocenters. The molecule has 3 aromatic rings. The highest BCUT2D eigenvalue weighted by atomic mass is 35.5. The number of nitrogens with zero attached hydrogens (tertiary/aromatic N) is 3. The second-order valence-electron chi connectivity index (χ2n) is 6.18. The predicted molar refractivity (Wildman–Crippen MR) is 105 cm³/mol. The minimum absolute atomic E-state index is 0.0103. The smallest absolute Gasteiger partial charge is 0.233 e. The van der Waals surface area contributed by atoms with Crippen LogP contribution in [-0.2, 0) is 22.0 Å². The van der Waals surface area contributed by atoms with Crippen LogP contribution in [0.1, 0.15) is 17.0 Å². The van der Waals surface area contributed by atoms with Crippen LogP contribution in [0.3, 0.4) is 0 Å². The average molecular weight is 522 g/mol. The Morgan fingerprint density at radius 3 is 2.39 bits per heavy atom. The molecule has 168 valence electrons. The molecule has 2 aromatic heterocycles. The molecule has 0 spiro atoms. The highest BCUT2D eigenvalue weighted by Gasteiger charge is 2.45. The van der Waals surface area contributed by atoms with E-state index in [9.17, 15) is 34.8 Å². The maximum atomic E-state index is 12.5. The van der Waals surface area contributed by atoms with Gasteiger partial charge in [-0.15, -0.1) is 11.3 Å². The van der Waals surface area contributed by atoms with Crippen LogP contribution in [0.5, 0.6) is 0 Å². The molecule has 5 nitrogen and oxygen atoms in total. The van der Waals surface area contributed by atoms with Crippen LogP contribution in [0.4, 0.5) is 26.3 Å². The first kappa shape index (κ1) is 23.9. The highest BCUT2D eigenvalue weighted by molar-refractivity contribution is 7.91. The highest BCUT2D eigenvalue weighted by Crippen LogP contribution is 2.34. The average Bonchev–Trinajstić information content (AvgIpc) is 3.27. The SMILES string of the molecule is O=S(=O)(Cc1ccc(-c2csc(-c3nsc(CCC(F)(F)F)n3)n2)c(Cl)c1)C(F)(F)F. The Morgan fingerprint density at radius 1 is 1.06 bits per heavy atom.